The van der Waals surface area contributed by atoms with E-state index in [0.717, 1.165) is 0 Å². The van der Waals surface area contributed by atoms with Crippen molar-refractivity contribution in [2.75, 3.05) is 32.7 Å². The maximum Gasteiger partial charge on any atom is 0.224 e. The van der Waals surface area contributed by atoms with Crippen LogP contribution in [-0.4, -0.2) is 60.2 Å². The van der Waals surface area contributed by atoms with Gasteiger partial charge in [-0.05, 0) is 37.2 Å². The Balaban J connectivity index is 1.41. The molecule has 3 amide bonds. The van der Waals surface area contributed by atoms with Gasteiger partial charge in [-0.15, -0.1) is 0 Å². The second kappa shape index (κ2) is 9.22. The predicted molar refractivity (Wildman–Crippen MR) is 108 cm³/mol. The van der Waals surface area contributed by atoms with Crippen LogP contribution < -0.4 is 5.32 Å². The molecule has 28 heavy (non-hydrogen) atoms. The van der Waals surface area contributed by atoms with Crippen LogP contribution in [0.15, 0.2) is 24.3 Å². The van der Waals surface area contributed by atoms with Gasteiger partial charge in [-0.25, -0.2) is 0 Å². The van der Waals surface area contributed by atoms with Crippen molar-refractivity contribution in [1.29, 1.82) is 0 Å². The quantitative estimate of drug-likeness (QED) is 0.781. The van der Waals surface area contributed by atoms with Crippen molar-refractivity contribution in [3.63, 3.8) is 0 Å². The Hall–Kier alpha value is -2.37. The second-order valence-electron chi connectivity index (χ2n) is 8.05. The minimum Gasteiger partial charge on any atom is -0.356 e. The number of amides is 3. The average Bonchev–Trinajstić information content (AvgIpc) is 3.52. The SMILES string of the molecule is CC(=O)N1CCN(C(=O)CCNC(=O)CC(c2ccc(C)cc2)C2CC2)CC1. The molecule has 1 aromatic rings. The standard InChI is InChI=1S/C22H31N3O3/c1-16-3-5-18(6-4-16)20(19-7-8-19)15-21(27)23-10-9-22(28)25-13-11-24(12-14-25)17(2)26/h3-6,19-20H,7-15H2,1-2H3,(H,23,27). The number of piperazine rings is 1. The number of rotatable bonds is 7. The summed E-state index contributed by atoms with van der Waals surface area (Å²) in [7, 11) is 0. The fourth-order valence-corrected chi connectivity index (χ4v) is 3.88. The third-order valence-electron chi connectivity index (χ3n) is 5.84. The smallest absolute Gasteiger partial charge is 0.224 e. The molecule has 152 valence electrons. The normalized spacial score (nSPS) is 17.9. The van der Waals surface area contributed by atoms with Crippen molar-refractivity contribution in [2.24, 2.45) is 5.92 Å². The molecule has 2 fully saturated rings. The number of hydrogen-bond acceptors (Lipinski definition) is 3. The summed E-state index contributed by atoms with van der Waals surface area (Å²) in [4.78, 5) is 39.6. The molecular weight excluding hydrogens is 354 g/mol. The van der Waals surface area contributed by atoms with Gasteiger partial charge in [0.05, 0.1) is 0 Å². The lowest BCUT2D eigenvalue weighted by Crippen LogP contribution is -2.50. The summed E-state index contributed by atoms with van der Waals surface area (Å²) >= 11 is 0. The van der Waals surface area contributed by atoms with Gasteiger partial charge in [0, 0.05) is 52.5 Å². The Morgan fingerprint density at radius 3 is 2.21 bits per heavy atom. The summed E-state index contributed by atoms with van der Waals surface area (Å²) in [6.45, 7) is 6.32. The molecule has 6 heteroatoms. The number of nitrogens with zero attached hydrogens (tertiary/aromatic N) is 2. The molecule has 0 spiro atoms. The summed E-state index contributed by atoms with van der Waals surface area (Å²) in [5.74, 6) is 0.995. The van der Waals surface area contributed by atoms with E-state index in [1.165, 1.54) is 24.0 Å². The highest BCUT2D eigenvalue weighted by Crippen LogP contribution is 2.44. The van der Waals surface area contributed by atoms with Crippen LogP contribution in [0.5, 0.6) is 0 Å². The molecule has 1 aromatic carbocycles. The minimum atomic E-state index is 0.0201. The van der Waals surface area contributed by atoms with E-state index in [9.17, 15) is 14.4 Å². The van der Waals surface area contributed by atoms with Crippen LogP contribution in [-0.2, 0) is 14.4 Å². The highest BCUT2D eigenvalue weighted by molar-refractivity contribution is 5.80. The highest BCUT2D eigenvalue weighted by atomic mass is 16.2. The van der Waals surface area contributed by atoms with Gasteiger partial charge in [-0.1, -0.05) is 29.8 Å². The van der Waals surface area contributed by atoms with E-state index < -0.39 is 0 Å². The largest absolute Gasteiger partial charge is 0.356 e. The second-order valence-corrected chi connectivity index (χ2v) is 8.05. The van der Waals surface area contributed by atoms with E-state index in [0.29, 0.717) is 51.5 Å². The highest BCUT2D eigenvalue weighted by Gasteiger charge is 2.33. The van der Waals surface area contributed by atoms with Crippen molar-refractivity contribution < 1.29 is 14.4 Å². The maximum absolute atomic E-state index is 12.4. The first kappa shape index (κ1) is 20.4. The van der Waals surface area contributed by atoms with Gasteiger partial charge in [-0.3, -0.25) is 14.4 Å². The molecule has 0 bridgehead atoms. The molecule has 1 N–H and O–H groups in total. The average molecular weight is 386 g/mol. The topological polar surface area (TPSA) is 69.7 Å². The number of carbonyl (C=O) groups is 3. The number of aryl methyl sites for hydroxylation is 1. The zero-order chi connectivity index (χ0) is 20.1. The zero-order valence-corrected chi connectivity index (χ0v) is 16.9. The molecule has 1 aliphatic heterocycles. The predicted octanol–water partition coefficient (Wildman–Crippen LogP) is 2.08. The van der Waals surface area contributed by atoms with Crippen molar-refractivity contribution in [1.82, 2.24) is 15.1 Å². The lowest BCUT2D eigenvalue weighted by Gasteiger charge is -2.34. The van der Waals surface area contributed by atoms with Crippen molar-refractivity contribution >= 4 is 17.7 Å². The Morgan fingerprint density at radius 2 is 1.64 bits per heavy atom. The van der Waals surface area contributed by atoms with E-state index >= 15 is 0 Å². The molecule has 1 unspecified atom stereocenters. The van der Waals surface area contributed by atoms with Gasteiger partial charge in [0.25, 0.3) is 0 Å². The van der Waals surface area contributed by atoms with Crippen molar-refractivity contribution in [3.8, 4) is 0 Å². The van der Waals surface area contributed by atoms with Crippen LogP contribution in [0.2, 0.25) is 0 Å². The summed E-state index contributed by atoms with van der Waals surface area (Å²) in [6.07, 6.45) is 3.18. The maximum atomic E-state index is 12.4. The first-order chi connectivity index (χ1) is 13.4. The molecule has 1 heterocycles. The van der Waals surface area contributed by atoms with Crippen LogP contribution in [0.3, 0.4) is 0 Å². The summed E-state index contributed by atoms with van der Waals surface area (Å²) in [5.41, 5.74) is 2.47. The van der Waals surface area contributed by atoms with E-state index in [-0.39, 0.29) is 23.6 Å². The van der Waals surface area contributed by atoms with Gasteiger partial charge < -0.3 is 15.1 Å². The lowest BCUT2D eigenvalue weighted by atomic mass is 9.90. The molecular formula is C22H31N3O3. The zero-order valence-electron chi connectivity index (χ0n) is 16.9. The van der Waals surface area contributed by atoms with Gasteiger partial charge in [0.15, 0.2) is 0 Å². The van der Waals surface area contributed by atoms with Crippen LogP contribution in [0.4, 0.5) is 0 Å². The van der Waals surface area contributed by atoms with Crippen LogP contribution in [0, 0.1) is 12.8 Å². The van der Waals surface area contributed by atoms with Crippen LogP contribution >= 0.6 is 0 Å². The number of benzene rings is 1. The fourth-order valence-electron chi connectivity index (χ4n) is 3.88. The Bertz CT molecular complexity index is 704. The minimum absolute atomic E-state index is 0.0201. The third kappa shape index (κ3) is 5.57. The van der Waals surface area contributed by atoms with Gasteiger partial charge in [0.2, 0.25) is 17.7 Å². The summed E-state index contributed by atoms with van der Waals surface area (Å²) in [5, 5.41) is 2.92. The van der Waals surface area contributed by atoms with E-state index in [4.69, 9.17) is 0 Å². The lowest BCUT2D eigenvalue weighted by molar-refractivity contribution is -0.138. The van der Waals surface area contributed by atoms with Gasteiger partial charge >= 0.3 is 0 Å². The fraction of sp³-hybridized carbons (Fsp3) is 0.591. The first-order valence-electron chi connectivity index (χ1n) is 10.3. The molecule has 1 atom stereocenters. The van der Waals surface area contributed by atoms with Crippen molar-refractivity contribution in [2.45, 2.75) is 45.4 Å². The molecule has 6 nitrogen and oxygen atoms in total. The van der Waals surface area contributed by atoms with Crippen LogP contribution in [0.1, 0.15) is 49.7 Å². The summed E-state index contributed by atoms with van der Waals surface area (Å²) < 4.78 is 0. The third-order valence-corrected chi connectivity index (χ3v) is 5.84. The molecule has 0 aromatic heterocycles. The van der Waals surface area contributed by atoms with Gasteiger partial charge in [-0.2, -0.15) is 0 Å². The van der Waals surface area contributed by atoms with Crippen LogP contribution in [0.25, 0.3) is 0 Å². The van der Waals surface area contributed by atoms with Gasteiger partial charge in [0.1, 0.15) is 0 Å². The molecule has 1 aliphatic carbocycles. The molecule has 1 saturated heterocycles. The monoisotopic (exact) mass is 385 g/mol. The summed E-state index contributed by atoms with van der Waals surface area (Å²) in [6, 6.07) is 8.48. The molecule has 0 radical (unpaired) electrons. The first-order valence-corrected chi connectivity index (χ1v) is 10.3. The Kier molecular flexibility index (Phi) is 6.70. The molecule has 3 rings (SSSR count). The Labute approximate surface area is 167 Å². The van der Waals surface area contributed by atoms with E-state index in [1.807, 2.05) is 0 Å². The van der Waals surface area contributed by atoms with E-state index in [2.05, 4.69) is 36.5 Å². The van der Waals surface area contributed by atoms with E-state index in [1.54, 1.807) is 16.7 Å². The number of carbonyl (C=O) groups excluding carboxylic acids is 3. The number of hydrogen-bond donors (Lipinski definition) is 1. The molecule has 2 aliphatic rings. The molecule has 1 saturated carbocycles. The van der Waals surface area contributed by atoms with Crippen molar-refractivity contribution in [3.05, 3.63) is 35.4 Å². The Morgan fingerprint density at radius 1 is 1.04 bits per heavy atom. The number of nitrogens with one attached hydrogen (secondary N) is 1.